The zero-order valence-electron chi connectivity index (χ0n) is 9.95. The van der Waals surface area contributed by atoms with Crippen LogP contribution in [0, 0.1) is 17.3 Å². The van der Waals surface area contributed by atoms with Crippen molar-refractivity contribution in [3.63, 3.8) is 0 Å². The molecular weight excluding hydrogens is 192 g/mol. The van der Waals surface area contributed by atoms with Crippen molar-refractivity contribution in [1.29, 1.82) is 0 Å². The van der Waals surface area contributed by atoms with Crippen LogP contribution in [-0.4, -0.2) is 24.8 Å². The number of hydrogen-bond acceptors (Lipinski definition) is 2. The van der Waals surface area contributed by atoms with Crippen molar-refractivity contribution in [3.8, 4) is 0 Å². The Bertz CT molecular complexity index is 227. The Labute approximate surface area is 91.8 Å². The smallest absolute Gasteiger partial charge is 0.309 e. The summed E-state index contributed by atoms with van der Waals surface area (Å²) in [6.07, 6.45) is 3.54. The molecule has 0 spiro atoms. The maximum Gasteiger partial charge on any atom is 0.309 e. The fraction of sp³-hybridized carbons (Fsp3) is 0.917. The molecule has 3 heteroatoms. The Morgan fingerprint density at radius 2 is 2.33 bits per heavy atom. The van der Waals surface area contributed by atoms with Crippen LogP contribution in [0.4, 0.5) is 0 Å². The van der Waals surface area contributed by atoms with Crippen molar-refractivity contribution in [2.45, 2.75) is 39.5 Å². The largest absolute Gasteiger partial charge is 0.481 e. The number of aliphatic carboxylic acids is 1. The van der Waals surface area contributed by atoms with Crippen LogP contribution in [0.25, 0.3) is 0 Å². The lowest BCUT2D eigenvalue weighted by molar-refractivity contribution is -0.152. The second-order valence-corrected chi connectivity index (χ2v) is 4.99. The van der Waals surface area contributed by atoms with Crippen molar-refractivity contribution < 1.29 is 14.6 Å². The summed E-state index contributed by atoms with van der Waals surface area (Å²) in [7, 11) is 1.66. The lowest BCUT2D eigenvalue weighted by atomic mass is 9.73. The molecule has 0 saturated heterocycles. The number of rotatable bonds is 5. The Balaban J connectivity index is 2.69. The SMILES string of the molecule is COCCC(C)C1(C(=O)O)CCC(C)C1. The second-order valence-electron chi connectivity index (χ2n) is 4.99. The van der Waals surface area contributed by atoms with E-state index in [4.69, 9.17) is 4.74 Å². The summed E-state index contributed by atoms with van der Waals surface area (Å²) in [6, 6.07) is 0. The molecular formula is C12H22O3. The average molecular weight is 214 g/mol. The number of ether oxygens (including phenoxy) is 1. The van der Waals surface area contributed by atoms with Crippen molar-refractivity contribution in [1.82, 2.24) is 0 Å². The molecule has 0 aromatic rings. The Hall–Kier alpha value is -0.570. The number of carboxylic acids is 1. The predicted molar refractivity (Wildman–Crippen MR) is 58.7 cm³/mol. The number of carboxylic acid groups (broad SMARTS) is 1. The fourth-order valence-corrected chi connectivity index (χ4v) is 2.75. The quantitative estimate of drug-likeness (QED) is 0.765. The van der Waals surface area contributed by atoms with Crippen molar-refractivity contribution in [2.75, 3.05) is 13.7 Å². The first-order valence-corrected chi connectivity index (χ1v) is 5.75. The highest BCUT2D eigenvalue weighted by molar-refractivity contribution is 5.75. The van der Waals surface area contributed by atoms with Gasteiger partial charge in [0.25, 0.3) is 0 Å². The first-order valence-electron chi connectivity index (χ1n) is 5.75. The van der Waals surface area contributed by atoms with Crippen LogP contribution in [0.2, 0.25) is 0 Å². The van der Waals surface area contributed by atoms with Gasteiger partial charge in [-0.15, -0.1) is 0 Å². The lowest BCUT2D eigenvalue weighted by Crippen LogP contribution is -2.35. The molecule has 0 aliphatic heterocycles. The van der Waals surface area contributed by atoms with E-state index >= 15 is 0 Å². The number of methoxy groups -OCH3 is 1. The Morgan fingerprint density at radius 3 is 2.73 bits per heavy atom. The zero-order chi connectivity index (χ0) is 11.5. The monoisotopic (exact) mass is 214 g/mol. The lowest BCUT2D eigenvalue weighted by Gasteiger charge is -2.31. The zero-order valence-corrected chi connectivity index (χ0v) is 9.95. The highest BCUT2D eigenvalue weighted by atomic mass is 16.5. The third-order valence-corrected chi connectivity index (χ3v) is 3.92. The van der Waals surface area contributed by atoms with Crippen molar-refractivity contribution >= 4 is 5.97 Å². The molecule has 3 nitrogen and oxygen atoms in total. The maximum atomic E-state index is 11.4. The van der Waals surface area contributed by atoms with Gasteiger partial charge in [-0.2, -0.15) is 0 Å². The van der Waals surface area contributed by atoms with E-state index in [2.05, 4.69) is 6.92 Å². The number of hydrogen-bond donors (Lipinski definition) is 1. The first-order chi connectivity index (χ1) is 7.03. The van der Waals surface area contributed by atoms with E-state index in [0.717, 1.165) is 25.7 Å². The molecule has 0 amide bonds. The molecule has 0 radical (unpaired) electrons. The highest BCUT2D eigenvalue weighted by Gasteiger charge is 2.47. The minimum absolute atomic E-state index is 0.208. The molecule has 3 unspecified atom stereocenters. The van der Waals surface area contributed by atoms with Crippen LogP contribution >= 0.6 is 0 Å². The molecule has 1 fully saturated rings. The van der Waals surface area contributed by atoms with E-state index in [1.807, 2.05) is 6.92 Å². The van der Waals surface area contributed by atoms with E-state index in [1.54, 1.807) is 7.11 Å². The molecule has 88 valence electrons. The van der Waals surface area contributed by atoms with Gasteiger partial charge in [0.2, 0.25) is 0 Å². The molecule has 3 atom stereocenters. The summed E-state index contributed by atoms with van der Waals surface area (Å²) in [4.78, 5) is 11.4. The minimum Gasteiger partial charge on any atom is -0.481 e. The van der Waals surface area contributed by atoms with E-state index in [-0.39, 0.29) is 5.92 Å². The molecule has 0 aromatic carbocycles. The molecule has 1 rings (SSSR count). The van der Waals surface area contributed by atoms with Gasteiger partial charge < -0.3 is 9.84 Å². The maximum absolute atomic E-state index is 11.4. The third-order valence-electron chi connectivity index (χ3n) is 3.92. The molecule has 1 N–H and O–H groups in total. The molecule has 1 saturated carbocycles. The summed E-state index contributed by atoms with van der Waals surface area (Å²) in [5.41, 5.74) is -0.488. The van der Waals surface area contributed by atoms with Crippen LogP contribution in [0.5, 0.6) is 0 Å². The van der Waals surface area contributed by atoms with E-state index in [9.17, 15) is 9.90 Å². The minimum atomic E-state index is -0.615. The van der Waals surface area contributed by atoms with Gasteiger partial charge in [-0.05, 0) is 37.5 Å². The normalized spacial score (nSPS) is 32.9. The fourth-order valence-electron chi connectivity index (χ4n) is 2.75. The van der Waals surface area contributed by atoms with Crippen molar-refractivity contribution in [2.24, 2.45) is 17.3 Å². The summed E-state index contributed by atoms with van der Waals surface area (Å²) >= 11 is 0. The van der Waals surface area contributed by atoms with Gasteiger partial charge in [-0.25, -0.2) is 0 Å². The molecule has 1 aliphatic rings. The topological polar surface area (TPSA) is 46.5 Å². The van der Waals surface area contributed by atoms with Gasteiger partial charge in [0.05, 0.1) is 5.41 Å². The van der Waals surface area contributed by atoms with Crippen LogP contribution in [0.1, 0.15) is 39.5 Å². The van der Waals surface area contributed by atoms with E-state index in [1.165, 1.54) is 0 Å². The summed E-state index contributed by atoms with van der Waals surface area (Å²) in [5.74, 6) is 0.140. The average Bonchev–Trinajstić information content (AvgIpc) is 2.58. The van der Waals surface area contributed by atoms with Crippen molar-refractivity contribution in [3.05, 3.63) is 0 Å². The van der Waals surface area contributed by atoms with Crippen LogP contribution in [0.3, 0.4) is 0 Å². The van der Waals surface area contributed by atoms with Gasteiger partial charge >= 0.3 is 5.97 Å². The molecule has 15 heavy (non-hydrogen) atoms. The van der Waals surface area contributed by atoms with Gasteiger partial charge in [-0.3, -0.25) is 4.79 Å². The van der Waals surface area contributed by atoms with Crippen LogP contribution < -0.4 is 0 Å². The first kappa shape index (κ1) is 12.5. The predicted octanol–water partition coefficient (Wildman–Crippen LogP) is 2.55. The van der Waals surface area contributed by atoms with E-state index < -0.39 is 11.4 Å². The molecule has 0 aromatic heterocycles. The van der Waals surface area contributed by atoms with E-state index in [0.29, 0.717) is 12.5 Å². The summed E-state index contributed by atoms with van der Waals surface area (Å²) in [6.45, 7) is 4.85. The van der Waals surface area contributed by atoms with Crippen LogP contribution in [0.15, 0.2) is 0 Å². The van der Waals surface area contributed by atoms with Gasteiger partial charge in [0.1, 0.15) is 0 Å². The Morgan fingerprint density at radius 1 is 1.67 bits per heavy atom. The molecule has 0 heterocycles. The second kappa shape index (κ2) is 4.97. The standard InChI is InChI=1S/C12H22O3/c1-9-4-6-12(8-9,11(13)14)10(2)5-7-15-3/h9-10H,4-8H2,1-3H3,(H,13,14). The van der Waals surface area contributed by atoms with Crippen LogP contribution in [-0.2, 0) is 9.53 Å². The molecule has 0 bridgehead atoms. The summed E-state index contributed by atoms with van der Waals surface area (Å²) in [5, 5.41) is 9.41. The Kier molecular flexibility index (Phi) is 4.14. The summed E-state index contributed by atoms with van der Waals surface area (Å²) < 4.78 is 5.03. The number of carbonyl (C=O) groups is 1. The van der Waals surface area contributed by atoms with Gasteiger partial charge in [0.15, 0.2) is 0 Å². The van der Waals surface area contributed by atoms with Gasteiger partial charge in [0, 0.05) is 13.7 Å². The third kappa shape index (κ3) is 2.51. The molecule has 1 aliphatic carbocycles. The van der Waals surface area contributed by atoms with Gasteiger partial charge in [-0.1, -0.05) is 13.8 Å². The highest BCUT2D eigenvalue weighted by Crippen LogP contribution is 2.48.